The SMILES string of the molecule is CCn1ccc(C(=O)N2CCC[C@H](c3ccc(Cc4cccc(OC)c4)cn3)C2)n1. The lowest BCUT2D eigenvalue weighted by Gasteiger charge is -2.32. The number of carbonyl (C=O) groups is 1. The first-order valence-corrected chi connectivity index (χ1v) is 10.6. The summed E-state index contributed by atoms with van der Waals surface area (Å²) in [5.41, 5.74) is 3.95. The second-order valence-corrected chi connectivity index (χ2v) is 7.77. The standard InChI is InChI=1S/C24H28N4O2/c1-3-28-13-11-23(26-28)24(29)27-12-5-7-20(17-27)22-10-9-19(16-25-22)14-18-6-4-8-21(15-18)30-2/h4,6,8-11,13,15-16,20H,3,5,7,12,14,17H2,1-2H3/t20-/m0/s1. The number of likely N-dealkylation sites (tertiary alicyclic amines) is 1. The topological polar surface area (TPSA) is 60.2 Å². The van der Waals surface area contributed by atoms with E-state index in [0.717, 1.165) is 43.8 Å². The largest absolute Gasteiger partial charge is 0.497 e. The smallest absolute Gasteiger partial charge is 0.274 e. The van der Waals surface area contributed by atoms with Gasteiger partial charge >= 0.3 is 0 Å². The van der Waals surface area contributed by atoms with Crippen molar-refractivity contribution in [2.75, 3.05) is 20.2 Å². The van der Waals surface area contributed by atoms with Crippen LogP contribution in [0.25, 0.3) is 0 Å². The van der Waals surface area contributed by atoms with E-state index in [-0.39, 0.29) is 11.8 Å². The van der Waals surface area contributed by atoms with Crippen LogP contribution in [0.4, 0.5) is 0 Å². The highest BCUT2D eigenvalue weighted by Crippen LogP contribution is 2.27. The number of pyridine rings is 1. The average molecular weight is 405 g/mol. The summed E-state index contributed by atoms with van der Waals surface area (Å²) in [5.74, 6) is 1.15. The highest BCUT2D eigenvalue weighted by Gasteiger charge is 2.27. The van der Waals surface area contributed by atoms with E-state index >= 15 is 0 Å². The molecule has 0 aliphatic carbocycles. The molecule has 0 N–H and O–H groups in total. The lowest BCUT2D eigenvalue weighted by atomic mass is 9.93. The molecule has 2 aromatic heterocycles. The van der Waals surface area contributed by atoms with Crippen molar-refractivity contribution < 1.29 is 9.53 Å². The van der Waals surface area contributed by atoms with Crippen LogP contribution in [0.15, 0.2) is 54.9 Å². The van der Waals surface area contributed by atoms with Gasteiger partial charge in [-0.1, -0.05) is 18.2 Å². The van der Waals surface area contributed by atoms with Crippen LogP contribution in [-0.2, 0) is 13.0 Å². The Morgan fingerprint density at radius 3 is 2.83 bits per heavy atom. The van der Waals surface area contributed by atoms with Gasteiger partial charge in [0.25, 0.3) is 5.91 Å². The van der Waals surface area contributed by atoms with Gasteiger partial charge in [0.2, 0.25) is 0 Å². The summed E-state index contributed by atoms with van der Waals surface area (Å²) in [5, 5.41) is 4.37. The highest BCUT2D eigenvalue weighted by atomic mass is 16.5. The Labute approximate surface area is 177 Å². The molecule has 1 amide bonds. The van der Waals surface area contributed by atoms with Gasteiger partial charge in [0, 0.05) is 43.6 Å². The van der Waals surface area contributed by atoms with Gasteiger partial charge in [0.1, 0.15) is 11.4 Å². The van der Waals surface area contributed by atoms with E-state index < -0.39 is 0 Å². The Morgan fingerprint density at radius 2 is 2.10 bits per heavy atom. The number of benzene rings is 1. The Bertz CT molecular complexity index is 996. The van der Waals surface area contributed by atoms with Crippen molar-refractivity contribution >= 4 is 5.91 Å². The Hall–Kier alpha value is -3.15. The number of hydrogen-bond donors (Lipinski definition) is 0. The number of piperidine rings is 1. The van der Waals surface area contributed by atoms with Crippen LogP contribution < -0.4 is 4.74 Å². The van der Waals surface area contributed by atoms with E-state index in [1.807, 2.05) is 36.4 Å². The maximum Gasteiger partial charge on any atom is 0.274 e. The Kier molecular flexibility index (Phi) is 6.12. The molecule has 6 heteroatoms. The summed E-state index contributed by atoms with van der Waals surface area (Å²) in [7, 11) is 1.68. The first-order valence-electron chi connectivity index (χ1n) is 10.6. The molecule has 3 heterocycles. The minimum Gasteiger partial charge on any atom is -0.497 e. The maximum absolute atomic E-state index is 12.8. The van der Waals surface area contributed by atoms with Crippen molar-refractivity contribution in [1.29, 1.82) is 0 Å². The van der Waals surface area contributed by atoms with Crippen LogP contribution in [-0.4, -0.2) is 45.8 Å². The third kappa shape index (κ3) is 4.53. The molecule has 30 heavy (non-hydrogen) atoms. The Balaban J connectivity index is 1.41. The van der Waals surface area contributed by atoms with Crippen molar-refractivity contribution in [2.45, 2.75) is 38.6 Å². The highest BCUT2D eigenvalue weighted by molar-refractivity contribution is 5.92. The van der Waals surface area contributed by atoms with Crippen molar-refractivity contribution in [1.82, 2.24) is 19.7 Å². The first-order chi connectivity index (χ1) is 14.7. The fourth-order valence-electron chi connectivity index (χ4n) is 4.02. The predicted octanol–water partition coefficient (Wildman–Crippen LogP) is 3.92. The summed E-state index contributed by atoms with van der Waals surface area (Å²) < 4.78 is 7.10. The number of nitrogens with zero attached hydrogens (tertiary/aromatic N) is 4. The number of amides is 1. The number of carbonyl (C=O) groups excluding carboxylic acids is 1. The molecule has 3 aromatic rings. The van der Waals surface area contributed by atoms with E-state index in [1.165, 1.54) is 11.1 Å². The van der Waals surface area contributed by atoms with E-state index in [0.29, 0.717) is 12.2 Å². The summed E-state index contributed by atoms with van der Waals surface area (Å²) in [6.07, 6.45) is 6.67. The van der Waals surface area contributed by atoms with Gasteiger partial charge in [-0.2, -0.15) is 5.10 Å². The van der Waals surface area contributed by atoms with E-state index in [4.69, 9.17) is 9.72 Å². The third-order valence-corrected chi connectivity index (χ3v) is 5.70. The molecular weight excluding hydrogens is 376 g/mol. The molecule has 156 valence electrons. The normalized spacial score (nSPS) is 16.5. The summed E-state index contributed by atoms with van der Waals surface area (Å²) in [6, 6.07) is 14.2. The van der Waals surface area contributed by atoms with Gasteiger partial charge in [0.05, 0.1) is 7.11 Å². The molecule has 1 fully saturated rings. The van der Waals surface area contributed by atoms with E-state index in [1.54, 1.807) is 17.9 Å². The number of rotatable bonds is 6. The fraction of sp³-hybridized carbons (Fsp3) is 0.375. The molecule has 4 rings (SSSR count). The van der Waals surface area contributed by atoms with Crippen LogP contribution >= 0.6 is 0 Å². The molecule has 0 saturated carbocycles. The molecule has 0 bridgehead atoms. The monoisotopic (exact) mass is 404 g/mol. The molecule has 1 aliphatic rings. The second-order valence-electron chi connectivity index (χ2n) is 7.77. The minimum atomic E-state index is 0.0153. The predicted molar refractivity (Wildman–Crippen MR) is 116 cm³/mol. The second kappa shape index (κ2) is 9.11. The van der Waals surface area contributed by atoms with Gasteiger partial charge in [-0.15, -0.1) is 0 Å². The molecule has 1 saturated heterocycles. The minimum absolute atomic E-state index is 0.0153. The quantitative estimate of drug-likeness (QED) is 0.625. The zero-order valence-corrected chi connectivity index (χ0v) is 17.6. The van der Waals surface area contributed by atoms with Gasteiger partial charge in [-0.25, -0.2) is 0 Å². The summed E-state index contributed by atoms with van der Waals surface area (Å²) in [6.45, 7) is 4.26. The van der Waals surface area contributed by atoms with Crippen molar-refractivity contribution in [2.24, 2.45) is 0 Å². The van der Waals surface area contributed by atoms with Crippen LogP contribution in [0.3, 0.4) is 0 Å². The van der Waals surface area contributed by atoms with E-state index in [2.05, 4.69) is 29.4 Å². The molecule has 0 spiro atoms. The molecule has 0 unspecified atom stereocenters. The number of methoxy groups -OCH3 is 1. The van der Waals surface area contributed by atoms with Crippen molar-refractivity contribution in [3.8, 4) is 5.75 Å². The first kappa shape index (κ1) is 20.1. The van der Waals surface area contributed by atoms with Gasteiger partial charge in [-0.3, -0.25) is 14.5 Å². The van der Waals surface area contributed by atoms with Crippen LogP contribution in [0.5, 0.6) is 5.75 Å². The molecule has 0 radical (unpaired) electrons. The van der Waals surface area contributed by atoms with Gasteiger partial charge in [0.15, 0.2) is 0 Å². The van der Waals surface area contributed by atoms with Crippen molar-refractivity contribution in [3.05, 3.63) is 77.4 Å². The number of hydrogen-bond acceptors (Lipinski definition) is 4. The van der Waals surface area contributed by atoms with Crippen molar-refractivity contribution in [3.63, 3.8) is 0 Å². The zero-order chi connectivity index (χ0) is 20.9. The molecular formula is C24H28N4O2. The number of aromatic nitrogens is 3. The van der Waals surface area contributed by atoms with Crippen LogP contribution in [0.1, 0.15) is 53.0 Å². The third-order valence-electron chi connectivity index (χ3n) is 5.70. The maximum atomic E-state index is 12.8. The summed E-state index contributed by atoms with van der Waals surface area (Å²) in [4.78, 5) is 19.5. The lowest BCUT2D eigenvalue weighted by molar-refractivity contribution is 0.0699. The fourth-order valence-corrected chi connectivity index (χ4v) is 4.02. The molecule has 1 aliphatic heterocycles. The zero-order valence-electron chi connectivity index (χ0n) is 17.6. The number of ether oxygens (including phenoxy) is 1. The number of aryl methyl sites for hydroxylation is 1. The molecule has 1 aromatic carbocycles. The van der Waals surface area contributed by atoms with E-state index in [9.17, 15) is 4.79 Å². The average Bonchev–Trinajstić information content (AvgIpc) is 3.29. The molecule has 1 atom stereocenters. The lowest BCUT2D eigenvalue weighted by Crippen LogP contribution is -2.39. The van der Waals surface area contributed by atoms with Crippen LogP contribution in [0.2, 0.25) is 0 Å². The molecule has 6 nitrogen and oxygen atoms in total. The summed E-state index contributed by atoms with van der Waals surface area (Å²) >= 11 is 0. The van der Waals surface area contributed by atoms with Gasteiger partial charge in [-0.05, 0) is 61.6 Å². The van der Waals surface area contributed by atoms with Gasteiger partial charge < -0.3 is 9.64 Å². The Morgan fingerprint density at radius 1 is 1.20 bits per heavy atom. The van der Waals surface area contributed by atoms with Crippen LogP contribution in [0, 0.1) is 0 Å².